The summed E-state index contributed by atoms with van der Waals surface area (Å²) in [5.74, 6) is 0.461. The number of rotatable bonds is 2. The van der Waals surface area contributed by atoms with Crippen LogP contribution in [-0.2, 0) is 6.42 Å². The molecule has 0 unspecified atom stereocenters. The number of phenols is 1. The van der Waals surface area contributed by atoms with Gasteiger partial charge >= 0.3 is 0 Å². The standard InChI is InChI=1S/C13H13NO2/c1-9-11(13(16)8-14-9)7-6-10-4-2-3-5-12(10)15/h2-5,7-8,15-16H,6H2,1H3/b11-7-. The van der Waals surface area contributed by atoms with Crippen molar-refractivity contribution < 1.29 is 10.2 Å². The van der Waals surface area contributed by atoms with Gasteiger partial charge < -0.3 is 10.2 Å². The summed E-state index contributed by atoms with van der Waals surface area (Å²) in [5, 5.41) is 19.1. The predicted molar refractivity (Wildman–Crippen MR) is 63.7 cm³/mol. The summed E-state index contributed by atoms with van der Waals surface area (Å²) < 4.78 is 0. The Labute approximate surface area is 94.1 Å². The summed E-state index contributed by atoms with van der Waals surface area (Å²) in [7, 11) is 0. The second-order valence-corrected chi connectivity index (χ2v) is 3.68. The molecule has 0 atom stereocenters. The third-order valence-electron chi connectivity index (χ3n) is 2.56. The van der Waals surface area contributed by atoms with E-state index in [1.165, 1.54) is 6.20 Å². The minimum atomic E-state index is 0.188. The molecule has 0 saturated heterocycles. The number of aliphatic hydroxyl groups is 1. The molecule has 0 aliphatic carbocycles. The number of aliphatic hydroxyl groups excluding tert-OH is 1. The van der Waals surface area contributed by atoms with Crippen molar-refractivity contribution in [3.8, 4) is 5.75 Å². The summed E-state index contributed by atoms with van der Waals surface area (Å²) in [6.07, 6.45) is 3.88. The SMILES string of the molecule is CC1=NC=C(O)/C1=C\Cc1ccccc1O. The molecule has 1 heterocycles. The Balaban J connectivity index is 2.19. The molecule has 2 rings (SSSR count). The van der Waals surface area contributed by atoms with Crippen molar-refractivity contribution >= 4 is 5.71 Å². The number of aliphatic imine (C=N–C) groups is 1. The number of nitrogens with zero attached hydrogens (tertiary/aromatic N) is 1. The summed E-state index contributed by atoms with van der Waals surface area (Å²) in [5.41, 5.74) is 2.37. The number of para-hydroxylation sites is 1. The van der Waals surface area contributed by atoms with Gasteiger partial charge in [-0.1, -0.05) is 24.3 Å². The van der Waals surface area contributed by atoms with E-state index in [9.17, 15) is 10.2 Å². The molecule has 82 valence electrons. The predicted octanol–water partition coefficient (Wildman–Crippen LogP) is 2.74. The van der Waals surface area contributed by atoms with Gasteiger partial charge in [0.15, 0.2) is 0 Å². The van der Waals surface area contributed by atoms with Crippen LogP contribution in [0.25, 0.3) is 0 Å². The highest BCUT2D eigenvalue weighted by molar-refractivity contribution is 6.03. The lowest BCUT2D eigenvalue weighted by Gasteiger charge is -2.02. The first-order chi connectivity index (χ1) is 7.68. The number of hydrogen-bond acceptors (Lipinski definition) is 3. The van der Waals surface area contributed by atoms with E-state index in [4.69, 9.17) is 0 Å². The number of aromatic hydroxyl groups is 1. The fourth-order valence-electron chi connectivity index (χ4n) is 1.63. The van der Waals surface area contributed by atoms with E-state index >= 15 is 0 Å². The van der Waals surface area contributed by atoms with Crippen LogP contribution in [0.2, 0.25) is 0 Å². The monoisotopic (exact) mass is 215 g/mol. The lowest BCUT2D eigenvalue weighted by atomic mass is 10.1. The molecular formula is C13H13NO2. The Morgan fingerprint density at radius 2 is 2.00 bits per heavy atom. The molecule has 0 spiro atoms. The third kappa shape index (κ3) is 1.98. The summed E-state index contributed by atoms with van der Waals surface area (Å²) in [4.78, 5) is 4.01. The van der Waals surface area contributed by atoms with Gasteiger partial charge in [0, 0.05) is 11.3 Å². The van der Waals surface area contributed by atoms with Crippen LogP contribution >= 0.6 is 0 Å². The van der Waals surface area contributed by atoms with E-state index in [2.05, 4.69) is 4.99 Å². The van der Waals surface area contributed by atoms with E-state index in [-0.39, 0.29) is 11.5 Å². The van der Waals surface area contributed by atoms with Crippen molar-refractivity contribution in [3.63, 3.8) is 0 Å². The van der Waals surface area contributed by atoms with Crippen LogP contribution in [0.4, 0.5) is 0 Å². The van der Waals surface area contributed by atoms with E-state index in [1.54, 1.807) is 12.1 Å². The van der Waals surface area contributed by atoms with Crippen molar-refractivity contribution in [1.29, 1.82) is 0 Å². The Morgan fingerprint density at radius 1 is 1.25 bits per heavy atom. The molecule has 1 aromatic carbocycles. The Morgan fingerprint density at radius 3 is 2.62 bits per heavy atom. The van der Waals surface area contributed by atoms with Crippen molar-refractivity contribution in [3.05, 3.63) is 53.4 Å². The van der Waals surface area contributed by atoms with Crippen LogP contribution in [-0.4, -0.2) is 15.9 Å². The molecule has 1 aromatic rings. The normalized spacial score (nSPS) is 17.4. The molecule has 0 aromatic heterocycles. The van der Waals surface area contributed by atoms with Crippen LogP contribution in [0.5, 0.6) is 5.75 Å². The lowest BCUT2D eigenvalue weighted by Crippen LogP contribution is -1.96. The van der Waals surface area contributed by atoms with Crippen LogP contribution in [0.15, 0.2) is 52.9 Å². The number of benzene rings is 1. The molecule has 0 fully saturated rings. The maximum absolute atomic E-state index is 9.58. The van der Waals surface area contributed by atoms with Gasteiger partial charge in [0.25, 0.3) is 0 Å². The van der Waals surface area contributed by atoms with Gasteiger partial charge in [-0.3, -0.25) is 4.99 Å². The summed E-state index contributed by atoms with van der Waals surface area (Å²) >= 11 is 0. The average Bonchev–Trinajstić information content (AvgIpc) is 2.58. The second-order valence-electron chi connectivity index (χ2n) is 3.68. The van der Waals surface area contributed by atoms with Gasteiger partial charge in [-0.2, -0.15) is 0 Å². The quantitative estimate of drug-likeness (QED) is 0.797. The Hall–Kier alpha value is -2.03. The highest BCUT2D eigenvalue weighted by Crippen LogP contribution is 2.20. The lowest BCUT2D eigenvalue weighted by molar-refractivity contribution is 0.428. The molecule has 1 aliphatic rings. The summed E-state index contributed by atoms with van der Waals surface area (Å²) in [6.45, 7) is 1.84. The highest BCUT2D eigenvalue weighted by Gasteiger charge is 2.12. The van der Waals surface area contributed by atoms with E-state index < -0.39 is 0 Å². The van der Waals surface area contributed by atoms with Gasteiger partial charge in [-0.25, -0.2) is 0 Å². The van der Waals surface area contributed by atoms with Crippen LogP contribution in [0.1, 0.15) is 12.5 Å². The molecule has 16 heavy (non-hydrogen) atoms. The zero-order chi connectivity index (χ0) is 11.5. The van der Waals surface area contributed by atoms with Crippen LogP contribution in [0, 0.1) is 0 Å². The highest BCUT2D eigenvalue weighted by atomic mass is 16.3. The van der Waals surface area contributed by atoms with E-state index in [1.807, 2.05) is 25.1 Å². The van der Waals surface area contributed by atoms with E-state index in [0.717, 1.165) is 16.8 Å². The zero-order valence-electron chi connectivity index (χ0n) is 9.01. The molecule has 0 saturated carbocycles. The van der Waals surface area contributed by atoms with Crippen molar-refractivity contribution in [2.24, 2.45) is 4.99 Å². The van der Waals surface area contributed by atoms with E-state index in [0.29, 0.717) is 6.42 Å². The molecule has 1 aliphatic heterocycles. The number of hydrogen-bond donors (Lipinski definition) is 2. The minimum Gasteiger partial charge on any atom is -0.508 e. The third-order valence-corrected chi connectivity index (χ3v) is 2.56. The van der Waals surface area contributed by atoms with Gasteiger partial charge in [0.2, 0.25) is 0 Å². The van der Waals surface area contributed by atoms with Crippen molar-refractivity contribution in [2.45, 2.75) is 13.3 Å². The first kappa shape index (κ1) is 10.5. The minimum absolute atomic E-state index is 0.188. The maximum Gasteiger partial charge on any atom is 0.142 e. The Bertz CT molecular complexity index is 478. The van der Waals surface area contributed by atoms with Gasteiger partial charge in [-0.05, 0) is 25.0 Å². The average molecular weight is 215 g/mol. The fraction of sp³-hybridized carbons (Fsp3) is 0.154. The first-order valence-corrected chi connectivity index (χ1v) is 5.10. The molecular weight excluding hydrogens is 202 g/mol. The van der Waals surface area contributed by atoms with Gasteiger partial charge in [0.1, 0.15) is 11.5 Å². The fourth-order valence-corrected chi connectivity index (χ4v) is 1.63. The van der Waals surface area contributed by atoms with Crippen molar-refractivity contribution in [1.82, 2.24) is 0 Å². The number of phenolic OH excluding ortho intramolecular Hbond substituents is 1. The van der Waals surface area contributed by atoms with Crippen LogP contribution < -0.4 is 0 Å². The smallest absolute Gasteiger partial charge is 0.142 e. The first-order valence-electron chi connectivity index (χ1n) is 5.10. The largest absolute Gasteiger partial charge is 0.508 e. The van der Waals surface area contributed by atoms with Gasteiger partial charge in [0.05, 0.1) is 6.20 Å². The maximum atomic E-state index is 9.58. The second kappa shape index (κ2) is 4.23. The van der Waals surface area contributed by atoms with Gasteiger partial charge in [-0.15, -0.1) is 0 Å². The number of allylic oxidation sites excluding steroid dienone is 2. The molecule has 2 N–H and O–H groups in total. The Kier molecular flexibility index (Phi) is 2.77. The molecule has 0 bridgehead atoms. The topological polar surface area (TPSA) is 52.8 Å². The molecule has 0 amide bonds. The molecule has 3 nitrogen and oxygen atoms in total. The molecule has 3 heteroatoms. The zero-order valence-corrected chi connectivity index (χ0v) is 9.01. The summed E-state index contributed by atoms with van der Waals surface area (Å²) in [6, 6.07) is 7.16. The van der Waals surface area contributed by atoms with Crippen molar-refractivity contribution in [2.75, 3.05) is 0 Å². The molecule has 0 radical (unpaired) electrons. The van der Waals surface area contributed by atoms with Crippen LogP contribution in [0.3, 0.4) is 0 Å².